The molecule has 0 unspecified atom stereocenters. The van der Waals surface area contributed by atoms with Crippen molar-refractivity contribution in [1.29, 1.82) is 0 Å². The molecule has 1 heterocycles. The van der Waals surface area contributed by atoms with Crippen LogP contribution in [0.25, 0.3) is 5.69 Å². The SMILES string of the molecule is CCCNCc1cnn(-c2cc(C)cc(C)c2)n1. The number of nitrogens with zero attached hydrogens (tertiary/aromatic N) is 3. The molecular weight excluding hydrogens is 224 g/mol. The van der Waals surface area contributed by atoms with Crippen LogP contribution in [0.1, 0.15) is 30.2 Å². The van der Waals surface area contributed by atoms with Crippen LogP contribution >= 0.6 is 0 Å². The van der Waals surface area contributed by atoms with E-state index >= 15 is 0 Å². The van der Waals surface area contributed by atoms with E-state index in [0.29, 0.717) is 0 Å². The molecule has 0 radical (unpaired) electrons. The molecular formula is C14H20N4. The number of aromatic nitrogens is 3. The second kappa shape index (κ2) is 5.78. The van der Waals surface area contributed by atoms with Gasteiger partial charge >= 0.3 is 0 Å². The summed E-state index contributed by atoms with van der Waals surface area (Å²) >= 11 is 0. The van der Waals surface area contributed by atoms with Crippen LogP contribution in [0.3, 0.4) is 0 Å². The minimum Gasteiger partial charge on any atom is -0.311 e. The van der Waals surface area contributed by atoms with E-state index in [9.17, 15) is 0 Å². The van der Waals surface area contributed by atoms with Crippen molar-refractivity contribution in [3.8, 4) is 5.69 Å². The molecule has 4 nitrogen and oxygen atoms in total. The smallest absolute Gasteiger partial charge is 0.0969 e. The summed E-state index contributed by atoms with van der Waals surface area (Å²) in [5.41, 5.74) is 4.46. The summed E-state index contributed by atoms with van der Waals surface area (Å²) in [4.78, 5) is 1.70. The van der Waals surface area contributed by atoms with E-state index in [2.05, 4.69) is 54.5 Å². The van der Waals surface area contributed by atoms with Gasteiger partial charge in [-0.05, 0) is 50.1 Å². The maximum atomic E-state index is 4.48. The lowest BCUT2D eigenvalue weighted by Crippen LogP contribution is -2.14. The fourth-order valence-corrected chi connectivity index (χ4v) is 1.96. The predicted molar refractivity (Wildman–Crippen MR) is 72.8 cm³/mol. The minimum atomic E-state index is 0.776. The second-order valence-corrected chi connectivity index (χ2v) is 4.65. The van der Waals surface area contributed by atoms with Gasteiger partial charge in [0.05, 0.1) is 17.6 Å². The van der Waals surface area contributed by atoms with E-state index in [1.165, 1.54) is 11.1 Å². The summed E-state index contributed by atoms with van der Waals surface area (Å²) in [5.74, 6) is 0. The van der Waals surface area contributed by atoms with Gasteiger partial charge in [0.2, 0.25) is 0 Å². The van der Waals surface area contributed by atoms with Crippen molar-refractivity contribution in [3.63, 3.8) is 0 Å². The lowest BCUT2D eigenvalue weighted by atomic mass is 10.1. The fraction of sp³-hybridized carbons (Fsp3) is 0.429. The zero-order chi connectivity index (χ0) is 13.0. The first kappa shape index (κ1) is 12.8. The molecule has 0 amide bonds. The Hall–Kier alpha value is -1.68. The minimum absolute atomic E-state index is 0.776. The Bertz CT molecular complexity index is 496. The zero-order valence-corrected chi connectivity index (χ0v) is 11.3. The van der Waals surface area contributed by atoms with Crippen LogP contribution in [0.2, 0.25) is 0 Å². The van der Waals surface area contributed by atoms with Gasteiger partial charge in [0.15, 0.2) is 0 Å². The van der Waals surface area contributed by atoms with Crippen LogP contribution in [0.15, 0.2) is 24.4 Å². The largest absolute Gasteiger partial charge is 0.311 e. The number of hydrogen-bond donors (Lipinski definition) is 1. The van der Waals surface area contributed by atoms with Crippen LogP contribution in [0.5, 0.6) is 0 Å². The average molecular weight is 244 g/mol. The first-order valence-electron chi connectivity index (χ1n) is 6.39. The van der Waals surface area contributed by atoms with Crippen molar-refractivity contribution < 1.29 is 0 Å². The highest BCUT2D eigenvalue weighted by atomic mass is 15.5. The second-order valence-electron chi connectivity index (χ2n) is 4.65. The molecule has 2 rings (SSSR count). The number of aryl methyl sites for hydroxylation is 2. The number of benzene rings is 1. The first-order valence-corrected chi connectivity index (χ1v) is 6.39. The van der Waals surface area contributed by atoms with Gasteiger partial charge in [0.25, 0.3) is 0 Å². The molecule has 0 fully saturated rings. The van der Waals surface area contributed by atoms with Crippen molar-refractivity contribution in [2.24, 2.45) is 0 Å². The Morgan fingerprint density at radius 1 is 1.17 bits per heavy atom. The van der Waals surface area contributed by atoms with Crippen molar-refractivity contribution in [3.05, 3.63) is 41.2 Å². The van der Waals surface area contributed by atoms with E-state index in [1.807, 2.05) is 6.20 Å². The Morgan fingerprint density at radius 3 is 2.56 bits per heavy atom. The van der Waals surface area contributed by atoms with Gasteiger partial charge in [-0.3, -0.25) is 0 Å². The average Bonchev–Trinajstić information content (AvgIpc) is 2.77. The number of hydrogen-bond acceptors (Lipinski definition) is 3. The third kappa shape index (κ3) is 3.17. The molecule has 1 aromatic carbocycles. The van der Waals surface area contributed by atoms with Gasteiger partial charge in [0, 0.05) is 6.54 Å². The Labute approximate surface area is 108 Å². The van der Waals surface area contributed by atoms with Crippen LogP contribution in [0, 0.1) is 13.8 Å². The third-order valence-electron chi connectivity index (χ3n) is 2.71. The van der Waals surface area contributed by atoms with Gasteiger partial charge in [-0.1, -0.05) is 13.0 Å². The molecule has 1 N–H and O–H groups in total. The fourth-order valence-electron chi connectivity index (χ4n) is 1.96. The Kier molecular flexibility index (Phi) is 4.10. The summed E-state index contributed by atoms with van der Waals surface area (Å²) in [6.45, 7) is 8.11. The van der Waals surface area contributed by atoms with Crippen molar-refractivity contribution in [2.75, 3.05) is 6.54 Å². The number of nitrogens with one attached hydrogen (secondary N) is 1. The van der Waals surface area contributed by atoms with Crippen molar-refractivity contribution in [1.82, 2.24) is 20.3 Å². The summed E-state index contributed by atoms with van der Waals surface area (Å²) in [5, 5.41) is 12.1. The standard InChI is InChI=1S/C14H20N4/c1-4-5-15-9-13-10-16-18(17-13)14-7-11(2)6-12(3)8-14/h6-8,10,15H,4-5,9H2,1-3H3. The molecule has 96 valence electrons. The molecule has 18 heavy (non-hydrogen) atoms. The van der Waals surface area contributed by atoms with Crippen LogP contribution < -0.4 is 5.32 Å². The monoisotopic (exact) mass is 244 g/mol. The zero-order valence-electron chi connectivity index (χ0n) is 11.3. The topological polar surface area (TPSA) is 42.7 Å². The molecule has 0 saturated carbocycles. The molecule has 1 aromatic heterocycles. The predicted octanol–water partition coefficient (Wildman–Crippen LogP) is 2.38. The lowest BCUT2D eigenvalue weighted by molar-refractivity contribution is 0.651. The summed E-state index contributed by atoms with van der Waals surface area (Å²) in [6, 6.07) is 6.34. The first-order chi connectivity index (χ1) is 8.69. The summed E-state index contributed by atoms with van der Waals surface area (Å²) in [7, 11) is 0. The van der Waals surface area contributed by atoms with Gasteiger partial charge < -0.3 is 5.32 Å². The summed E-state index contributed by atoms with van der Waals surface area (Å²) in [6.07, 6.45) is 2.95. The lowest BCUT2D eigenvalue weighted by Gasteiger charge is -2.03. The van der Waals surface area contributed by atoms with Gasteiger partial charge in [-0.2, -0.15) is 15.0 Å². The third-order valence-corrected chi connectivity index (χ3v) is 2.71. The molecule has 0 aliphatic heterocycles. The molecule has 4 heteroatoms. The van der Waals surface area contributed by atoms with E-state index < -0.39 is 0 Å². The van der Waals surface area contributed by atoms with E-state index in [4.69, 9.17) is 0 Å². The quantitative estimate of drug-likeness (QED) is 0.821. The molecule has 2 aromatic rings. The van der Waals surface area contributed by atoms with Crippen molar-refractivity contribution >= 4 is 0 Å². The maximum Gasteiger partial charge on any atom is 0.0969 e. The van der Waals surface area contributed by atoms with Crippen LogP contribution in [-0.4, -0.2) is 21.5 Å². The van der Waals surface area contributed by atoms with Crippen molar-refractivity contribution in [2.45, 2.75) is 33.7 Å². The highest BCUT2D eigenvalue weighted by Crippen LogP contribution is 2.11. The molecule has 0 spiro atoms. The van der Waals surface area contributed by atoms with E-state index in [0.717, 1.165) is 30.9 Å². The highest BCUT2D eigenvalue weighted by Gasteiger charge is 2.03. The maximum absolute atomic E-state index is 4.48. The Balaban J connectivity index is 2.13. The van der Waals surface area contributed by atoms with E-state index in [1.54, 1.807) is 4.80 Å². The molecule has 0 atom stereocenters. The summed E-state index contributed by atoms with van der Waals surface area (Å²) < 4.78 is 0. The van der Waals surface area contributed by atoms with Gasteiger partial charge in [0.1, 0.15) is 0 Å². The highest BCUT2D eigenvalue weighted by molar-refractivity contribution is 5.37. The van der Waals surface area contributed by atoms with Crippen LogP contribution in [0.4, 0.5) is 0 Å². The van der Waals surface area contributed by atoms with Gasteiger partial charge in [-0.25, -0.2) is 0 Å². The molecule has 0 saturated heterocycles. The Morgan fingerprint density at radius 2 is 1.89 bits per heavy atom. The van der Waals surface area contributed by atoms with E-state index in [-0.39, 0.29) is 0 Å². The van der Waals surface area contributed by atoms with Crippen LogP contribution in [-0.2, 0) is 6.54 Å². The van der Waals surface area contributed by atoms with Gasteiger partial charge in [-0.15, -0.1) is 0 Å². The normalized spacial score (nSPS) is 10.8. The number of rotatable bonds is 5. The molecule has 0 bridgehead atoms. The molecule has 0 aliphatic carbocycles. The molecule has 0 aliphatic rings.